The van der Waals surface area contributed by atoms with Gasteiger partial charge < -0.3 is 19.4 Å². The lowest BCUT2D eigenvalue weighted by Crippen LogP contribution is -2.36. The Morgan fingerprint density at radius 1 is 1.30 bits per heavy atom. The number of methoxy groups -OCH3 is 1. The summed E-state index contributed by atoms with van der Waals surface area (Å²) in [6.45, 7) is 8.88. The number of oxazole rings is 1. The molecule has 0 aliphatic rings. The zero-order chi connectivity index (χ0) is 20.0. The number of carbonyl (C=O) groups is 2. The molecule has 0 atom stereocenters. The minimum Gasteiger partial charge on any atom is -0.464 e. The van der Waals surface area contributed by atoms with E-state index in [4.69, 9.17) is 4.42 Å². The smallest absolute Gasteiger partial charge is 0.360 e. The lowest BCUT2D eigenvalue weighted by Gasteiger charge is -2.23. The highest BCUT2D eigenvalue weighted by atomic mass is 16.5. The second-order valence-corrected chi connectivity index (χ2v) is 6.90. The van der Waals surface area contributed by atoms with Crippen LogP contribution in [0.4, 0.5) is 10.5 Å². The first-order chi connectivity index (χ1) is 12.8. The number of urea groups is 1. The van der Waals surface area contributed by atoms with E-state index in [1.165, 1.54) is 13.4 Å². The maximum atomic E-state index is 12.8. The van der Waals surface area contributed by atoms with Crippen LogP contribution in [0, 0.1) is 19.8 Å². The van der Waals surface area contributed by atoms with Crippen LogP contribution in [0.1, 0.15) is 47.8 Å². The van der Waals surface area contributed by atoms with Crippen LogP contribution in [0.3, 0.4) is 0 Å². The van der Waals surface area contributed by atoms with Crippen molar-refractivity contribution in [2.24, 2.45) is 5.92 Å². The van der Waals surface area contributed by atoms with E-state index < -0.39 is 5.97 Å². The summed E-state index contributed by atoms with van der Waals surface area (Å²) in [5.74, 6) is 0.157. The number of nitrogens with zero attached hydrogens (tertiary/aromatic N) is 2. The Labute approximate surface area is 159 Å². The van der Waals surface area contributed by atoms with Gasteiger partial charge in [0.15, 0.2) is 5.69 Å². The minimum atomic E-state index is -0.571. The Morgan fingerprint density at radius 3 is 2.70 bits per heavy atom. The summed E-state index contributed by atoms with van der Waals surface area (Å²) in [5, 5.41) is 2.96. The van der Waals surface area contributed by atoms with E-state index in [0.29, 0.717) is 12.5 Å². The van der Waals surface area contributed by atoms with Crippen molar-refractivity contribution in [1.29, 1.82) is 0 Å². The molecule has 0 saturated carbocycles. The molecule has 0 fully saturated rings. The summed E-state index contributed by atoms with van der Waals surface area (Å²) >= 11 is 0. The molecule has 0 bridgehead atoms. The second-order valence-electron chi connectivity index (χ2n) is 6.90. The Balaban J connectivity index is 2.15. The number of anilines is 1. The number of esters is 1. The first-order valence-electron chi connectivity index (χ1n) is 8.96. The van der Waals surface area contributed by atoms with Gasteiger partial charge in [0.25, 0.3) is 0 Å². The summed E-state index contributed by atoms with van der Waals surface area (Å²) in [5.41, 5.74) is 3.00. The molecule has 2 amide bonds. The maximum absolute atomic E-state index is 12.8. The quantitative estimate of drug-likeness (QED) is 0.737. The number of hydrogen-bond donors (Lipinski definition) is 1. The molecule has 1 heterocycles. The highest BCUT2D eigenvalue weighted by Gasteiger charge is 2.20. The van der Waals surface area contributed by atoms with E-state index in [-0.39, 0.29) is 24.2 Å². The largest absolute Gasteiger partial charge is 0.464 e. The predicted molar refractivity (Wildman–Crippen MR) is 103 cm³/mol. The van der Waals surface area contributed by atoms with Crippen LogP contribution in [0.25, 0.3) is 0 Å². The van der Waals surface area contributed by atoms with E-state index in [1.54, 1.807) is 4.90 Å². The third-order valence-electron chi connectivity index (χ3n) is 4.38. The van der Waals surface area contributed by atoms with Crippen LogP contribution in [-0.2, 0) is 11.3 Å². The van der Waals surface area contributed by atoms with Crippen molar-refractivity contribution < 1.29 is 18.7 Å². The minimum absolute atomic E-state index is 0.0891. The first kappa shape index (κ1) is 20.5. The van der Waals surface area contributed by atoms with Gasteiger partial charge in [-0.2, -0.15) is 0 Å². The first-order valence-corrected chi connectivity index (χ1v) is 8.96. The number of ether oxygens (including phenoxy) is 1. The highest BCUT2D eigenvalue weighted by molar-refractivity contribution is 5.90. The van der Waals surface area contributed by atoms with Crippen molar-refractivity contribution in [3.05, 3.63) is 47.2 Å². The van der Waals surface area contributed by atoms with Gasteiger partial charge in [-0.3, -0.25) is 0 Å². The van der Waals surface area contributed by atoms with Gasteiger partial charge in [-0.25, -0.2) is 14.6 Å². The fraction of sp³-hybridized carbons (Fsp3) is 0.450. The lowest BCUT2D eigenvalue weighted by molar-refractivity contribution is 0.0594. The molecule has 146 valence electrons. The molecule has 2 rings (SSSR count). The predicted octanol–water partition coefficient (Wildman–Crippen LogP) is 4.16. The van der Waals surface area contributed by atoms with Crippen molar-refractivity contribution in [2.45, 2.75) is 40.7 Å². The van der Waals surface area contributed by atoms with Crippen LogP contribution >= 0.6 is 0 Å². The lowest BCUT2D eigenvalue weighted by atomic mass is 10.1. The molecule has 27 heavy (non-hydrogen) atoms. The summed E-state index contributed by atoms with van der Waals surface area (Å²) in [7, 11) is 1.28. The van der Waals surface area contributed by atoms with Crippen molar-refractivity contribution in [3.63, 3.8) is 0 Å². The van der Waals surface area contributed by atoms with Crippen LogP contribution in [0.2, 0.25) is 0 Å². The number of aromatic nitrogens is 1. The van der Waals surface area contributed by atoms with Crippen LogP contribution < -0.4 is 5.32 Å². The normalized spacial score (nSPS) is 10.7. The average molecular weight is 373 g/mol. The molecule has 0 radical (unpaired) electrons. The second kappa shape index (κ2) is 9.21. The monoisotopic (exact) mass is 373 g/mol. The number of benzene rings is 1. The average Bonchev–Trinajstić information content (AvgIpc) is 3.10. The molecular weight excluding hydrogens is 346 g/mol. The summed E-state index contributed by atoms with van der Waals surface area (Å²) in [6.07, 6.45) is 2.08. The number of hydrogen-bond acceptors (Lipinski definition) is 5. The zero-order valence-electron chi connectivity index (χ0n) is 16.5. The van der Waals surface area contributed by atoms with Crippen LogP contribution in [0.15, 0.2) is 28.9 Å². The van der Waals surface area contributed by atoms with E-state index in [1.807, 2.05) is 32.0 Å². The standard InChI is InChI=1S/C20H27N3O4/c1-13(2)9-10-23(11-18-21-17(12-27-18)19(24)26-5)20(25)22-16-8-6-7-14(3)15(16)4/h6-8,12-13H,9-11H2,1-5H3,(H,22,25). The summed E-state index contributed by atoms with van der Waals surface area (Å²) in [6, 6.07) is 5.55. The van der Waals surface area contributed by atoms with Gasteiger partial charge in [0.1, 0.15) is 6.26 Å². The van der Waals surface area contributed by atoms with Gasteiger partial charge in [-0.15, -0.1) is 0 Å². The summed E-state index contributed by atoms with van der Waals surface area (Å²) in [4.78, 5) is 30.1. The van der Waals surface area contributed by atoms with Gasteiger partial charge in [0.05, 0.1) is 13.7 Å². The van der Waals surface area contributed by atoms with E-state index in [0.717, 1.165) is 23.2 Å². The zero-order valence-corrected chi connectivity index (χ0v) is 16.5. The Bertz CT molecular complexity index is 798. The Hall–Kier alpha value is -2.83. The summed E-state index contributed by atoms with van der Waals surface area (Å²) < 4.78 is 9.96. The number of nitrogens with one attached hydrogen (secondary N) is 1. The maximum Gasteiger partial charge on any atom is 0.360 e. The number of aryl methyl sites for hydroxylation is 1. The van der Waals surface area contributed by atoms with E-state index >= 15 is 0 Å². The van der Waals surface area contributed by atoms with Gasteiger partial charge in [0.2, 0.25) is 5.89 Å². The van der Waals surface area contributed by atoms with Crippen molar-refractivity contribution in [3.8, 4) is 0 Å². The van der Waals surface area contributed by atoms with E-state index in [9.17, 15) is 9.59 Å². The molecule has 0 spiro atoms. The molecule has 0 aliphatic carbocycles. The molecular formula is C20H27N3O4. The Kier molecular flexibility index (Phi) is 6.98. The topological polar surface area (TPSA) is 84.7 Å². The third-order valence-corrected chi connectivity index (χ3v) is 4.38. The number of rotatable bonds is 7. The third kappa shape index (κ3) is 5.57. The SMILES string of the molecule is COC(=O)c1coc(CN(CCC(C)C)C(=O)Nc2cccc(C)c2C)n1. The van der Waals surface area contributed by atoms with Gasteiger partial charge in [0, 0.05) is 12.2 Å². The van der Waals surface area contributed by atoms with Crippen molar-refractivity contribution in [2.75, 3.05) is 19.0 Å². The Morgan fingerprint density at radius 2 is 2.04 bits per heavy atom. The fourth-order valence-electron chi connectivity index (χ4n) is 2.49. The number of amides is 2. The molecule has 1 aromatic carbocycles. The van der Waals surface area contributed by atoms with Crippen LogP contribution in [-0.4, -0.2) is 35.5 Å². The van der Waals surface area contributed by atoms with Gasteiger partial charge in [-0.1, -0.05) is 26.0 Å². The fourth-order valence-corrected chi connectivity index (χ4v) is 2.49. The number of carbonyl (C=O) groups excluding carboxylic acids is 2. The molecule has 7 nitrogen and oxygen atoms in total. The van der Waals surface area contributed by atoms with E-state index in [2.05, 4.69) is 28.9 Å². The van der Waals surface area contributed by atoms with Crippen LogP contribution in [0.5, 0.6) is 0 Å². The molecule has 1 N–H and O–H groups in total. The van der Waals surface area contributed by atoms with Gasteiger partial charge >= 0.3 is 12.0 Å². The molecule has 1 aromatic heterocycles. The molecule has 2 aromatic rings. The van der Waals surface area contributed by atoms with Crippen molar-refractivity contribution >= 4 is 17.7 Å². The van der Waals surface area contributed by atoms with Gasteiger partial charge in [-0.05, 0) is 43.4 Å². The highest BCUT2D eigenvalue weighted by Crippen LogP contribution is 2.19. The molecule has 0 aliphatic heterocycles. The van der Waals surface area contributed by atoms with Crippen molar-refractivity contribution in [1.82, 2.24) is 9.88 Å². The molecule has 0 saturated heterocycles. The molecule has 0 unspecified atom stereocenters. The molecule has 7 heteroatoms.